The van der Waals surface area contributed by atoms with Gasteiger partial charge < -0.3 is 29.9 Å². The van der Waals surface area contributed by atoms with Crippen molar-refractivity contribution in [2.24, 2.45) is 64.6 Å². The molecule has 1 aliphatic heterocycles. The van der Waals surface area contributed by atoms with Crippen LogP contribution >= 0.6 is 0 Å². The van der Waals surface area contributed by atoms with Gasteiger partial charge in [-0.1, -0.05) is 40.0 Å². The number of aliphatic hydroxyl groups excluding tert-OH is 2. The molecule has 0 spiro atoms. The molecule has 7 aliphatic rings. The standard InChI is InChI=1S/C44H77N3O7/c1-26-30(19-33-23-36(26)44(33,3)4)22-37(50)41-40(27(2)49)39(25-48)54-47(41)24-29-13-11-14-35(42(29)53-8)31-18-32(21-34(20-31)46(5)6)43(51)45-17-16-28-12-9-10-15-38(28)52-7/h26-36,38-42,48-49H,9-25H2,1-8H3,(H,45,51)/t26-,27+,28?,29?,30-,31?,32?,33+,34?,35?,36+,38?,39+,40-,41-,42?/m1/s1. The molecule has 310 valence electrons. The van der Waals surface area contributed by atoms with E-state index in [9.17, 15) is 19.8 Å². The summed E-state index contributed by atoms with van der Waals surface area (Å²) >= 11 is 0. The number of ketones is 1. The van der Waals surface area contributed by atoms with E-state index in [1.54, 1.807) is 6.92 Å². The van der Waals surface area contributed by atoms with Crippen molar-refractivity contribution in [2.75, 3.05) is 48.0 Å². The van der Waals surface area contributed by atoms with Crippen molar-refractivity contribution in [2.45, 2.75) is 154 Å². The van der Waals surface area contributed by atoms with Crippen molar-refractivity contribution in [3.63, 3.8) is 0 Å². The number of Topliss-reactive ketones (excluding diaryl/α,β-unsaturated/α-hetero) is 1. The second kappa shape index (κ2) is 18.2. The lowest BCUT2D eigenvalue weighted by Crippen LogP contribution is -2.56. The Labute approximate surface area is 327 Å². The summed E-state index contributed by atoms with van der Waals surface area (Å²) in [6.07, 6.45) is 13.4. The van der Waals surface area contributed by atoms with E-state index in [1.165, 1.54) is 25.7 Å². The Bertz CT molecular complexity index is 1250. The number of rotatable bonds is 15. The number of nitrogens with zero attached hydrogens (tertiary/aromatic N) is 2. The van der Waals surface area contributed by atoms with Crippen LogP contribution in [0.25, 0.3) is 0 Å². The summed E-state index contributed by atoms with van der Waals surface area (Å²) in [5.41, 5.74) is 0.357. The number of hydrogen-bond donors (Lipinski definition) is 3. The summed E-state index contributed by atoms with van der Waals surface area (Å²) in [7, 11) is 7.93. The van der Waals surface area contributed by atoms with E-state index in [0.717, 1.165) is 57.8 Å². The number of ether oxygens (including phenoxy) is 2. The van der Waals surface area contributed by atoms with Crippen LogP contribution in [0.1, 0.15) is 118 Å². The first kappa shape index (κ1) is 42.5. The number of amides is 1. The first-order valence-corrected chi connectivity index (χ1v) is 22.0. The lowest BCUT2D eigenvalue weighted by Gasteiger charge is -2.62. The summed E-state index contributed by atoms with van der Waals surface area (Å²) in [5.74, 6) is 3.30. The molecule has 1 saturated heterocycles. The van der Waals surface area contributed by atoms with Crippen molar-refractivity contribution in [3.05, 3.63) is 0 Å². The molecule has 3 N–H and O–H groups in total. The Hall–Kier alpha value is -1.14. The molecule has 1 heterocycles. The van der Waals surface area contributed by atoms with Gasteiger partial charge in [0, 0.05) is 57.5 Å². The van der Waals surface area contributed by atoms with E-state index in [2.05, 4.69) is 45.1 Å². The van der Waals surface area contributed by atoms with Gasteiger partial charge in [-0.15, -0.1) is 0 Å². The minimum atomic E-state index is -0.785. The molecule has 6 saturated carbocycles. The minimum absolute atomic E-state index is 0.0292. The van der Waals surface area contributed by atoms with E-state index in [0.29, 0.717) is 78.5 Å². The number of methoxy groups -OCH3 is 2. The lowest BCUT2D eigenvalue weighted by molar-refractivity contribution is -0.193. The molecule has 16 atom stereocenters. The topological polar surface area (TPSA) is 121 Å². The number of carbonyl (C=O) groups excluding carboxylic acids is 2. The largest absolute Gasteiger partial charge is 0.394 e. The van der Waals surface area contributed by atoms with E-state index in [4.69, 9.17) is 14.3 Å². The molecule has 10 nitrogen and oxygen atoms in total. The number of carbonyl (C=O) groups is 2. The molecule has 2 bridgehead atoms. The third-order valence-corrected chi connectivity index (χ3v) is 16.5. The second-order valence-corrected chi connectivity index (χ2v) is 19.8. The number of fused-ring (bicyclic) bond motifs is 2. The summed E-state index contributed by atoms with van der Waals surface area (Å²) in [4.78, 5) is 37.0. The molecule has 1 amide bonds. The highest BCUT2D eigenvalue weighted by molar-refractivity contribution is 5.85. The minimum Gasteiger partial charge on any atom is -0.394 e. The van der Waals surface area contributed by atoms with Gasteiger partial charge >= 0.3 is 0 Å². The quantitative estimate of drug-likeness (QED) is 0.193. The Morgan fingerprint density at radius 1 is 0.963 bits per heavy atom. The summed E-state index contributed by atoms with van der Waals surface area (Å²) in [6.45, 7) is 9.86. The van der Waals surface area contributed by atoms with E-state index >= 15 is 0 Å². The maximum atomic E-state index is 14.4. The lowest BCUT2D eigenvalue weighted by atomic mass is 9.43. The molecule has 0 aromatic rings. The van der Waals surface area contributed by atoms with Gasteiger partial charge in [0.2, 0.25) is 5.91 Å². The maximum absolute atomic E-state index is 14.4. The highest BCUT2D eigenvalue weighted by Crippen LogP contribution is 2.63. The highest BCUT2D eigenvalue weighted by atomic mass is 16.7. The molecular weight excluding hydrogens is 682 g/mol. The Morgan fingerprint density at radius 3 is 2.35 bits per heavy atom. The number of aliphatic hydroxyl groups is 2. The fraction of sp³-hybridized carbons (Fsp3) is 0.955. The van der Waals surface area contributed by atoms with Crippen LogP contribution in [0.2, 0.25) is 0 Å². The van der Waals surface area contributed by atoms with Gasteiger partial charge in [-0.25, -0.2) is 0 Å². The molecule has 7 rings (SSSR count). The zero-order valence-corrected chi connectivity index (χ0v) is 35.1. The van der Waals surface area contributed by atoms with Crippen LogP contribution in [0.3, 0.4) is 0 Å². The van der Waals surface area contributed by atoms with Crippen LogP contribution in [0, 0.1) is 64.6 Å². The van der Waals surface area contributed by atoms with Crippen LogP contribution in [0.15, 0.2) is 0 Å². The SMILES string of the molecule is COC1CCCCC1CCNC(=O)C1CC(C2CCCC(CN3O[C@@H](CO)[C@@H]([C@H](C)O)[C@H]3C(=O)C[C@H]3C[C@H]4C[C@@H]([C@@H]3C)C4(C)C)C2OC)CC(N(C)C)C1. The van der Waals surface area contributed by atoms with Crippen molar-refractivity contribution in [1.29, 1.82) is 0 Å². The summed E-state index contributed by atoms with van der Waals surface area (Å²) < 4.78 is 12.2. The summed E-state index contributed by atoms with van der Waals surface area (Å²) in [5, 5.41) is 26.7. The smallest absolute Gasteiger partial charge is 0.223 e. The van der Waals surface area contributed by atoms with Crippen LogP contribution in [0.4, 0.5) is 0 Å². The van der Waals surface area contributed by atoms with Crippen LogP contribution in [-0.4, -0.2) is 116 Å². The predicted octanol–water partition coefficient (Wildman–Crippen LogP) is 5.73. The average Bonchev–Trinajstić information content (AvgIpc) is 3.53. The average molecular weight is 760 g/mol. The van der Waals surface area contributed by atoms with Crippen LogP contribution in [-0.2, 0) is 23.9 Å². The van der Waals surface area contributed by atoms with Gasteiger partial charge in [0.05, 0.1) is 24.9 Å². The molecule has 10 heteroatoms. The van der Waals surface area contributed by atoms with Crippen molar-refractivity contribution in [1.82, 2.24) is 15.3 Å². The monoisotopic (exact) mass is 760 g/mol. The third-order valence-electron chi connectivity index (χ3n) is 16.5. The Morgan fingerprint density at radius 2 is 1.70 bits per heavy atom. The van der Waals surface area contributed by atoms with E-state index in [1.807, 2.05) is 19.3 Å². The molecular formula is C44H77N3O7. The predicted molar refractivity (Wildman–Crippen MR) is 210 cm³/mol. The zero-order valence-electron chi connectivity index (χ0n) is 35.1. The maximum Gasteiger partial charge on any atom is 0.223 e. The van der Waals surface area contributed by atoms with Crippen molar-refractivity contribution in [3.8, 4) is 0 Å². The summed E-state index contributed by atoms with van der Waals surface area (Å²) in [6, 6.07) is -0.263. The van der Waals surface area contributed by atoms with Gasteiger partial charge in [-0.05, 0) is 132 Å². The van der Waals surface area contributed by atoms with Gasteiger partial charge in [-0.3, -0.25) is 14.4 Å². The fourth-order valence-electron chi connectivity index (χ4n) is 13.1. The van der Waals surface area contributed by atoms with Gasteiger partial charge in [0.15, 0.2) is 5.78 Å². The van der Waals surface area contributed by atoms with Crippen molar-refractivity contribution >= 4 is 11.7 Å². The number of hydroxylamine groups is 2. The molecule has 8 unspecified atom stereocenters. The molecule has 54 heavy (non-hydrogen) atoms. The molecule has 0 aromatic carbocycles. The highest BCUT2D eigenvalue weighted by Gasteiger charge is 2.57. The third kappa shape index (κ3) is 8.80. The second-order valence-electron chi connectivity index (χ2n) is 19.8. The Kier molecular flexibility index (Phi) is 14.3. The zero-order chi connectivity index (χ0) is 38.9. The molecule has 6 aliphatic carbocycles. The van der Waals surface area contributed by atoms with Gasteiger partial charge in [-0.2, -0.15) is 5.06 Å². The van der Waals surface area contributed by atoms with Gasteiger partial charge in [0.25, 0.3) is 0 Å². The van der Waals surface area contributed by atoms with E-state index < -0.39 is 24.2 Å². The number of hydrogen-bond acceptors (Lipinski definition) is 9. The van der Waals surface area contributed by atoms with Crippen LogP contribution in [0.5, 0.6) is 0 Å². The molecule has 7 fully saturated rings. The normalized spacial score (nSPS) is 43.1. The van der Waals surface area contributed by atoms with Crippen molar-refractivity contribution < 1.29 is 34.1 Å². The molecule has 0 aromatic heterocycles. The first-order valence-electron chi connectivity index (χ1n) is 22.0. The van der Waals surface area contributed by atoms with Crippen LogP contribution < -0.4 is 5.32 Å². The van der Waals surface area contributed by atoms with E-state index in [-0.39, 0.29) is 36.2 Å². The van der Waals surface area contributed by atoms with Gasteiger partial charge in [0.1, 0.15) is 12.1 Å². The first-order chi connectivity index (χ1) is 25.8. The fourth-order valence-corrected chi connectivity index (χ4v) is 13.1. The Balaban J connectivity index is 1.13. The molecule has 0 radical (unpaired) electrons. The number of nitrogens with one attached hydrogen (secondary N) is 1.